The van der Waals surface area contributed by atoms with Crippen molar-refractivity contribution in [1.82, 2.24) is 5.32 Å². The summed E-state index contributed by atoms with van der Waals surface area (Å²) < 4.78 is 5.89. The highest BCUT2D eigenvalue weighted by Gasteiger charge is 2.31. The Labute approximate surface area is 288 Å². The number of fused-ring (bicyclic) bond motifs is 3. The summed E-state index contributed by atoms with van der Waals surface area (Å²) in [5, 5.41) is 3.51. The third-order valence-electron chi connectivity index (χ3n) is 10.1. The van der Waals surface area contributed by atoms with E-state index in [1.807, 2.05) is 72.8 Å². The molecule has 4 nitrogen and oxygen atoms in total. The van der Waals surface area contributed by atoms with Crippen LogP contribution in [0.3, 0.4) is 0 Å². The standard InChI is InChI=1S/C43H40ClNO3/c44-39-27-32(24-25-37(39)41(30-16-6-2-7-17-30)31-18-8-3-9-19-31)42(46)40(26-29-14-4-1-5-15-29)45-43(47)48-28-38-35-22-12-10-20-33(35)34-21-11-13-23-36(34)38/h2-3,6-13,16-25,27,29,38,40-41H,1,4-5,14-15,26,28H2,(H,45,47)/t40-/m0/s1. The van der Waals surface area contributed by atoms with Crippen LogP contribution in [0.15, 0.2) is 127 Å². The number of Topliss-reactive ketones (excluding diaryl/α,β-unsaturated/α-hetero) is 1. The Balaban J connectivity index is 1.11. The van der Waals surface area contributed by atoms with E-state index in [1.165, 1.54) is 17.5 Å². The molecule has 1 atom stereocenters. The molecule has 0 aliphatic heterocycles. The van der Waals surface area contributed by atoms with Crippen LogP contribution in [0, 0.1) is 5.92 Å². The Kier molecular flexibility index (Phi) is 9.72. The maximum atomic E-state index is 14.2. The highest BCUT2D eigenvalue weighted by atomic mass is 35.5. The highest BCUT2D eigenvalue weighted by molar-refractivity contribution is 6.32. The fourth-order valence-electron chi connectivity index (χ4n) is 7.73. The molecule has 1 fully saturated rings. The Morgan fingerprint density at radius 1 is 0.708 bits per heavy atom. The van der Waals surface area contributed by atoms with Crippen LogP contribution in [-0.2, 0) is 4.74 Å². The fraction of sp³-hybridized carbons (Fsp3) is 0.256. The van der Waals surface area contributed by atoms with Crippen LogP contribution in [0.1, 0.15) is 88.5 Å². The molecule has 1 N–H and O–H groups in total. The van der Waals surface area contributed by atoms with Crippen molar-refractivity contribution in [2.75, 3.05) is 6.61 Å². The molecule has 0 bridgehead atoms. The van der Waals surface area contributed by atoms with Crippen molar-refractivity contribution in [3.8, 4) is 11.1 Å². The van der Waals surface area contributed by atoms with Crippen LogP contribution in [-0.4, -0.2) is 24.5 Å². The average molecular weight is 654 g/mol. The molecule has 242 valence electrons. The minimum atomic E-state index is -0.704. The molecular weight excluding hydrogens is 614 g/mol. The summed E-state index contributed by atoms with van der Waals surface area (Å²) in [7, 11) is 0. The van der Waals surface area contributed by atoms with Gasteiger partial charge < -0.3 is 10.1 Å². The molecule has 0 unspecified atom stereocenters. The van der Waals surface area contributed by atoms with Crippen LogP contribution >= 0.6 is 11.6 Å². The maximum Gasteiger partial charge on any atom is 0.407 e. The second kappa shape index (κ2) is 14.6. The van der Waals surface area contributed by atoms with Crippen LogP contribution in [0.2, 0.25) is 5.02 Å². The minimum absolute atomic E-state index is 0.0517. The molecule has 0 radical (unpaired) electrons. The molecule has 2 aliphatic carbocycles. The molecule has 0 spiro atoms. The lowest BCUT2D eigenvalue weighted by Crippen LogP contribution is -2.43. The topological polar surface area (TPSA) is 55.4 Å². The van der Waals surface area contributed by atoms with Crippen LogP contribution in [0.25, 0.3) is 11.1 Å². The number of amides is 1. The Bertz CT molecular complexity index is 1800. The molecule has 2 aliphatic rings. The fourth-order valence-corrected chi connectivity index (χ4v) is 8.02. The molecular formula is C43H40ClNO3. The zero-order valence-electron chi connectivity index (χ0n) is 27.0. The van der Waals surface area contributed by atoms with Gasteiger partial charge >= 0.3 is 6.09 Å². The van der Waals surface area contributed by atoms with E-state index >= 15 is 0 Å². The molecule has 0 heterocycles. The number of alkyl carbamates (subject to hydrolysis) is 1. The van der Waals surface area contributed by atoms with Crippen LogP contribution < -0.4 is 5.32 Å². The number of hydrogen-bond donors (Lipinski definition) is 1. The summed E-state index contributed by atoms with van der Waals surface area (Å²) in [6, 6.07) is 42.0. The Hall–Kier alpha value is -4.67. The van der Waals surface area contributed by atoms with Gasteiger partial charge in [-0.15, -0.1) is 0 Å². The first kappa shape index (κ1) is 31.9. The normalized spacial score (nSPS) is 15.0. The van der Waals surface area contributed by atoms with E-state index in [9.17, 15) is 9.59 Å². The lowest BCUT2D eigenvalue weighted by atomic mass is 9.82. The van der Waals surface area contributed by atoms with E-state index in [-0.39, 0.29) is 24.2 Å². The van der Waals surface area contributed by atoms with Gasteiger partial charge in [-0.2, -0.15) is 0 Å². The molecule has 48 heavy (non-hydrogen) atoms. The molecule has 5 aromatic rings. The van der Waals surface area contributed by atoms with Gasteiger partial charge in [0.15, 0.2) is 5.78 Å². The summed E-state index contributed by atoms with van der Waals surface area (Å²) in [6.07, 6.45) is 5.66. The molecule has 1 amide bonds. The van der Waals surface area contributed by atoms with Crippen LogP contribution in [0.5, 0.6) is 0 Å². The number of halogens is 1. The summed E-state index contributed by atoms with van der Waals surface area (Å²) >= 11 is 7.01. The van der Waals surface area contributed by atoms with Gasteiger partial charge in [0.25, 0.3) is 0 Å². The van der Waals surface area contributed by atoms with Crippen molar-refractivity contribution in [1.29, 1.82) is 0 Å². The third kappa shape index (κ3) is 6.81. The Morgan fingerprint density at radius 2 is 1.27 bits per heavy atom. The van der Waals surface area contributed by atoms with E-state index in [2.05, 4.69) is 53.8 Å². The second-order valence-corrected chi connectivity index (χ2v) is 13.5. The monoisotopic (exact) mass is 653 g/mol. The Morgan fingerprint density at radius 3 is 1.85 bits per heavy atom. The molecule has 1 saturated carbocycles. The summed E-state index contributed by atoms with van der Waals surface area (Å²) in [4.78, 5) is 27.6. The smallest absolute Gasteiger partial charge is 0.407 e. The van der Waals surface area contributed by atoms with Crippen molar-refractivity contribution >= 4 is 23.5 Å². The third-order valence-corrected chi connectivity index (χ3v) is 10.4. The van der Waals surface area contributed by atoms with E-state index < -0.39 is 12.1 Å². The van der Waals surface area contributed by atoms with Crippen molar-refractivity contribution < 1.29 is 14.3 Å². The number of ether oxygens (including phenoxy) is 1. The zero-order valence-corrected chi connectivity index (χ0v) is 27.7. The largest absolute Gasteiger partial charge is 0.449 e. The molecule has 7 rings (SSSR count). The molecule has 0 aromatic heterocycles. The zero-order chi connectivity index (χ0) is 32.9. The number of benzene rings is 5. The van der Waals surface area contributed by atoms with Crippen molar-refractivity contribution in [2.45, 2.75) is 56.4 Å². The van der Waals surface area contributed by atoms with E-state index in [0.717, 1.165) is 53.5 Å². The summed E-state index contributed by atoms with van der Waals surface area (Å²) in [5.41, 5.74) is 8.32. The summed E-state index contributed by atoms with van der Waals surface area (Å²) in [5.74, 6) is 0.0978. The highest BCUT2D eigenvalue weighted by Crippen LogP contribution is 2.44. The first-order valence-electron chi connectivity index (χ1n) is 17.1. The van der Waals surface area contributed by atoms with Gasteiger partial charge in [-0.25, -0.2) is 4.79 Å². The quantitative estimate of drug-likeness (QED) is 0.121. The van der Waals surface area contributed by atoms with Gasteiger partial charge in [-0.05, 0) is 57.3 Å². The van der Waals surface area contributed by atoms with E-state index in [4.69, 9.17) is 16.3 Å². The first-order valence-corrected chi connectivity index (χ1v) is 17.5. The maximum absolute atomic E-state index is 14.2. The summed E-state index contributed by atoms with van der Waals surface area (Å²) in [6.45, 7) is 0.199. The number of hydrogen-bond acceptors (Lipinski definition) is 3. The van der Waals surface area contributed by atoms with Crippen LogP contribution in [0.4, 0.5) is 4.79 Å². The van der Waals surface area contributed by atoms with Gasteiger partial charge in [0, 0.05) is 22.4 Å². The van der Waals surface area contributed by atoms with Gasteiger partial charge in [0.2, 0.25) is 0 Å². The van der Waals surface area contributed by atoms with Gasteiger partial charge in [-0.1, -0.05) is 165 Å². The average Bonchev–Trinajstić information content (AvgIpc) is 3.46. The molecule has 0 saturated heterocycles. The number of carbonyl (C=O) groups excluding carboxylic acids is 2. The van der Waals surface area contributed by atoms with Crippen molar-refractivity contribution in [3.05, 3.63) is 166 Å². The number of ketones is 1. The lowest BCUT2D eigenvalue weighted by Gasteiger charge is -2.27. The van der Waals surface area contributed by atoms with E-state index in [0.29, 0.717) is 22.9 Å². The first-order chi connectivity index (χ1) is 23.6. The predicted molar refractivity (Wildman–Crippen MR) is 193 cm³/mol. The number of rotatable bonds is 10. The van der Waals surface area contributed by atoms with Gasteiger partial charge in [0.1, 0.15) is 6.61 Å². The SMILES string of the molecule is O=C(N[C@@H](CC1CCCCC1)C(=O)c1ccc(C(c2ccccc2)c2ccccc2)c(Cl)c1)OCC1c2ccccc2-c2ccccc21. The molecule has 5 heteroatoms. The lowest BCUT2D eigenvalue weighted by molar-refractivity contribution is 0.0895. The van der Waals surface area contributed by atoms with Gasteiger partial charge in [0.05, 0.1) is 6.04 Å². The predicted octanol–water partition coefficient (Wildman–Crippen LogP) is 10.6. The van der Waals surface area contributed by atoms with Gasteiger partial charge in [-0.3, -0.25) is 4.79 Å². The second-order valence-electron chi connectivity index (χ2n) is 13.1. The van der Waals surface area contributed by atoms with Crippen molar-refractivity contribution in [2.24, 2.45) is 5.92 Å². The van der Waals surface area contributed by atoms with Crippen molar-refractivity contribution in [3.63, 3.8) is 0 Å². The van der Waals surface area contributed by atoms with E-state index in [1.54, 1.807) is 6.07 Å². The minimum Gasteiger partial charge on any atom is -0.449 e. The molecule has 5 aromatic carbocycles. The number of carbonyl (C=O) groups is 2. The number of nitrogens with one attached hydrogen (secondary N) is 1.